The largest absolute Gasteiger partial charge is 0.444 e. The molecule has 20 heavy (non-hydrogen) atoms. The fourth-order valence-corrected chi connectivity index (χ4v) is 1.44. The molecule has 1 rings (SSSR count). The third-order valence-corrected chi connectivity index (χ3v) is 2.39. The van der Waals surface area contributed by atoms with Gasteiger partial charge in [0.1, 0.15) is 17.1 Å². The number of aromatic amines is 1. The van der Waals surface area contributed by atoms with Crippen LogP contribution in [0.15, 0.2) is 6.20 Å². The Kier molecular flexibility index (Phi) is 4.95. The molecule has 0 aliphatic rings. The molecular formula is C12H21N5O3. The molecule has 0 saturated carbocycles. The third kappa shape index (κ3) is 4.79. The van der Waals surface area contributed by atoms with Gasteiger partial charge in [0, 0.05) is 20.0 Å². The first-order chi connectivity index (χ1) is 9.20. The maximum absolute atomic E-state index is 11.9. The zero-order valence-corrected chi connectivity index (χ0v) is 12.2. The number of anilines is 2. The second kappa shape index (κ2) is 6.27. The van der Waals surface area contributed by atoms with Gasteiger partial charge in [-0.1, -0.05) is 0 Å². The van der Waals surface area contributed by atoms with Crippen LogP contribution >= 0.6 is 0 Å². The molecule has 1 aromatic heterocycles. The number of nitrogens with zero attached hydrogens (tertiary/aromatic N) is 2. The summed E-state index contributed by atoms with van der Waals surface area (Å²) in [5, 5.41) is 8.81. The van der Waals surface area contributed by atoms with Crippen molar-refractivity contribution in [3.05, 3.63) is 6.20 Å². The monoisotopic (exact) mass is 283 g/mol. The number of carbonyl (C=O) groups excluding carboxylic acids is 2. The van der Waals surface area contributed by atoms with Gasteiger partial charge in [0.25, 0.3) is 0 Å². The molecule has 4 N–H and O–H groups in total. The number of hydrogen-bond acceptors (Lipinski definition) is 5. The third-order valence-electron chi connectivity index (χ3n) is 2.39. The Bertz CT molecular complexity index is 478. The summed E-state index contributed by atoms with van der Waals surface area (Å²) < 4.78 is 5.06. The molecule has 8 nitrogen and oxygen atoms in total. The van der Waals surface area contributed by atoms with Crippen molar-refractivity contribution in [1.29, 1.82) is 0 Å². The summed E-state index contributed by atoms with van der Waals surface area (Å²) in [6.45, 7) is 5.50. The lowest BCUT2D eigenvalue weighted by Crippen LogP contribution is -2.35. The molecule has 0 aliphatic heterocycles. The molecule has 1 aromatic rings. The molecule has 1 heterocycles. The van der Waals surface area contributed by atoms with E-state index in [0.717, 1.165) is 0 Å². The van der Waals surface area contributed by atoms with Crippen molar-refractivity contribution >= 4 is 23.5 Å². The quantitative estimate of drug-likeness (QED) is 0.758. The molecule has 0 aromatic carbocycles. The van der Waals surface area contributed by atoms with E-state index in [1.165, 1.54) is 11.1 Å². The predicted molar refractivity (Wildman–Crippen MR) is 75.3 cm³/mol. The number of alkyl carbamates (subject to hydrolysis) is 1. The molecule has 112 valence electrons. The number of H-pyrrole nitrogens is 1. The lowest BCUT2D eigenvalue weighted by molar-refractivity contribution is -0.118. The van der Waals surface area contributed by atoms with Crippen LogP contribution in [-0.4, -0.2) is 41.4 Å². The summed E-state index contributed by atoms with van der Waals surface area (Å²) >= 11 is 0. The highest BCUT2D eigenvalue weighted by Crippen LogP contribution is 2.18. The number of nitrogen functional groups attached to an aromatic ring is 1. The topological polar surface area (TPSA) is 113 Å². The van der Waals surface area contributed by atoms with Crippen molar-refractivity contribution in [2.75, 3.05) is 24.2 Å². The van der Waals surface area contributed by atoms with Crippen molar-refractivity contribution in [2.45, 2.75) is 32.8 Å². The van der Waals surface area contributed by atoms with Crippen molar-refractivity contribution in [3.8, 4) is 0 Å². The van der Waals surface area contributed by atoms with Crippen LogP contribution in [0.2, 0.25) is 0 Å². The summed E-state index contributed by atoms with van der Waals surface area (Å²) in [6.07, 6.45) is 1.06. The van der Waals surface area contributed by atoms with Gasteiger partial charge < -0.3 is 20.7 Å². The van der Waals surface area contributed by atoms with Crippen molar-refractivity contribution in [2.24, 2.45) is 0 Å². The molecule has 0 bridgehead atoms. The standard InChI is InChI=1S/C12H21N5O3/c1-12(2,3)20-11(19)14-6-5-9(18)17(4)8-7-15-16-10(8)13/h7H,5-6H2,1-4H3,(H,14,19)(H3,13,15,16). The molecule has 2 amide bonds. The van der Waals surface area contributed by atoms with Gasteiger partial charge in [-0.2, -0.15) is 5.10 Å². The number of aromatic nitrogens is 2. The fourth-order valence-electron chi connectivity index (χ4n) is 1.44. The number of hydrogen-bond donors (Lipinski definition) is 3. The summed E-state index contributed by atoms with van der Waals surface area (Å²) in [5.41, 5.74) is 5.57. The Balaban J connectivity index is 2.37. The highest BCUT2D eigenvalue weighted by atomic mass is 16.6. The molecule has 0 unspecified atom stereocenters. The van der Waals surface area contributed by atoms with E-state index in [1.54, 1.807) is 27.8 Å². The van der Waals surface area contributed by atoms with Crippen LogP contribution in [0.4, 0.5) is 16.3 Å². The molecule has 0 atom stereocenters. The molecule has 0 saturated heterocycles. The number of rotatable bonds is 4. The van der Waals surface area contributed by atoms with Crippen LogP contribution in [0.25, 0.3) is 0 Å². The van der Waals surface area contributed by atoms with Crippen LogP contribution in [0, 0.1) is 0 Å². The Labute approximate surface area is 117 Å². The van der Waals surface area contributed by atoms with E-state index in [2.05, 4.69) is 15.5 Å². The zero-order valence-electron chi connectivity index (χ0n) is 12.2. The lowest BCUT2D eigenvalue weighted by atomic mass is 10.2. The zero-order chi connectivity index (χ0) is 15.3. The minimum atomic E-state index is -0.559. The smallest absolute Gasteiger partial charge is 0.407 e. The SMILES string of the molecule is CN(C(=O)CCNC(=O)OC(C)(C)C)c1cn[nH]c1N. The normalized spacial score (nSPS) is 11.0. The second-order valence-corrected chi connectivity index (χ2v) is 5.30. The van der Waals surface area contributed by atoms with Crippen LogP contribution in [0.1, 0.15) is 27.2 Å². The van der Waals surface area contributed by atoms with E-state index >= 15 is 0 Å². The number of nitrogens with two attached hydrogens (primary N) is 1. The number of ether oxygens (including phenoxy) is 1. The van der Waals surface area contributed by atoms with Gasteiger partial charge in [0.15, 0.2) is 0 Å². The van der Waals surface area contributed by atoms with Crippen molar-refractivity contribution in [1.82, 2.24) is 15.5 Å². The molecule has 0 spiro atoms. The first-order valence-electron chi connectivity index (χ1n) is 6.23. The summed E-state index contributed by atoms with van der Waals surface area (Å²) in [4.78, 5) is 24.7. The van der Waals surface area contributed by atoms with Gasteiger partial charge in [-0.3, -0.25) is 9.89 Å². The molecule has 0 radical (unpaired) electrons. The maximum atomic E-state index is 11.9. The van der Waals surface area contributed by atoms with Gasteiger partial charge in [-0.15, -0.1) is 0 Å². The summed E-state index contributed by atoms with van der Waals surface area (Å²) in [6, 6.07) is 0. The van der Waals surface area contributed by atoms with E-state index in [1.807, 2.05) is 0 Å². The van der Waals surface area contributed by atoms with Gasteiger partial charge in [-0.05, 0) is 20.8 Å². The van der Waals surface area contributed by atoms with Crippen LogP contribution in [0.3, 0.4) is 0 Å². The van der Waals surface area contributed by atoms with E-state index < -0.39 is 11.7 Å². The number of carbonyl (C=O) groups is 2. The first kappa shape index (κ1) is 15.8. The number of amides is 2. The van der Waals surface area contributed by atoms with Crippen LogP contribution in [-0.2, 0) is 9.53 Å². The van der Waals surface area contributed by atoms with Gasteiger partial charge in [0.2, 0.25) is 5.91 Å². The van der Waals surface area contributed by atoms with Crippen LogP contribution < -0.4 is 16.0 Å². The first-order valence-corrected chi connectivity index (χ1v) is 6.23. The lowest BCUT2D eigenvalue weighted by Gasteiger charge is -2.20. The van der Waals surface area contributed by atoms with Gasteiger partial charge in [-0.25, -0.2) is 4.79 Å². The fraction of sp³-hybridized carbons (Fsp3) is 0.583. The molecule has 8 heteroatoms. The van der Waals surface area contributed by atoms with Crippen molar-refractivity contribution < 1.29 is 14.3 Å². The van der Waals surface area contributed by atoms with E-state index in [0.29, 0.717) is 11.5 Å². The molecular weight excluding hydrogens is 262 g/mol. The van der Waals surface area contributed by atoms with Crippen molar-refractivity contribution in [3.63, 3.8) is 0 Å². The van der Waals surface area contributed by atoms with E-state index in [-0.39, 0.29) is 18.9 Å². The molecule has 0 aliphatic carbocycles. The second-order valence-electron chi connectivity index (χ2n) is 5.30. The predicted octanol–water partition coefficient (Wildman–Crippen LogP) is 0.869. The Hall–Kier alpha value is -2.25. The van der Waals surface area contributed by atoms with Gasteiger partial charge >= 0.3 is 6.09 Å². The average molecular weight is 283 g/mol. The summed E-state index contributed by atoms with van der Waals surface area (Å²) in [5.74, 6) is 0.134. The summed E-state index contributed by atoms with van der Waals surface area (Å²) in [7, 11) is 1.59. The van der Waals surface area contributed by atoms with E-state index in [9.17, 15) is 9.59 Å². The Morgan fingerprint density at radius 2 is 2.15 bits per heavy atom. The average Bonchev–Trinajstić information content (AvgIpc) is 2.71. The Morgan fingerprint density at radius 3 is 2.65 bits per heavy atom. The van der Waals surface area contributed by atoms with Crippen LogP contribution in [0.5, 0.6) is 0 Å². The van der Waals surface area contributed by atoms with E-state index in [4.69, 9.17) is 10.5 Å². The maximum Gasteiger partial charge on any atom is 0.407 e. The minimum absolute atomic E-state index is 0.139. The molecule has 0 fully saturated rings. The highest BCUT2D eigenvalue weighted by Gasteiger charge is 2.17. The van der Waals surface area contributed by atoms with Gasteiger partial charge in [0.05, 0.1) is 6.20 Å². The Morgan fingerprint density at radius 1 is 1.50 bits per heavy atom. The minimum Gasteiger partial charge on any atom is -0.444 e. The highest BCUT2D eigenvalue weighted by molar-refractivity contribution is 5.95. The number of nitrogens with one attached hydrogen (secondary N) is 2.